The minimum Gasteiger partial charge on any atom is -0.0599 e. The Labute approximate surface area is 76.7 Å². The van der Waals surface area contributed by atoms with Gasteiger partial charge in [-0.2, -0.15) is 0 Å². The lowest BCUT2D eigenvalue weighted by molar-refractivity contribution is 0.176. The van der Waals surface area contributed by atoms with E-state index >= 15 is 0 Å². The van der Waals surface area contributed by atoms with Gasteiger partial charge >= 0.3 is 0 Å². The predicted molar refractivity (Wildman–Crippen MR) is 52.9 cm³/mol. The van der Waals surface area contributed by atoms with Crippen molar-refractivity contribution < 1.29 is 0 Å². The fourth-order valence-electron chi connectivity index (χ4n) is 3.33. The van der Waals surface area contributed by atoms with Crippen LogP contribution in [0.3, 0.4) is 0 Å². The Bertz CT molecular complexity index is 169. The molecular weight excluding hydrogens is 144 g/mol. The van der Waals surface area contributed by atoms with Crippen LogP contribution in [0.5, 0.6) is 0 Å². The highest BCUT2D eigenvalue weighted by molar-refractivity contribution is 5.24. The predicted octanol–water partition coefficient (Wildman–Crippen LogP) is 3.57. The van der Waals surface area contributed by atoms with Gasteiger partial charge in [0.05, 0.1) is 0 Å². The molecule has 0 heterocycles. The van der Waals surface area contributed by atoms with Crippen LogP contribution in [0, 0.1) is 34.5 Å². The lowest BCUT2D eigenvalue weighted by Crippen LogP contribution is -2.24. The normalized spacial score (nSPS) is 45.5. The average Bonchev–Trinajstić information content (AvgIpc) is 2.29. The largest absolute Gasteiger partial charge is 0.0599 e. The molecule has 2 rings (SSSR count). The molecule has 0 saturated heterocycles. The molecule has 0 aromatic carbocycles. The molecule has 0 heteroatoms. The number of rotatable bonds is 0. The second-order valence-corrected chi connectivity index (χ2v) is 6.94. The number of hydrogen-bond donors (Lipinski definition) is 0. The SMILES string of the molecule is CC(C)(C)C1C2C1C2C(C)(C)C. The molecule has 12 heavy (non-hydrogen) atoms. The molecule has 0 bridgehead atoms. The number of hydrogen-bond acceptors (Lipinski definition) is 0. The Morgan fingerprint density at radius 3 is 1.00 bits per heavy atom. The van der Waals surface area contributed by atoms with Crippen molar-refractivity contribution in [3.8, 4) is 0 Å². The molecular formula is C12H22. The van der Waals surface area contributed by atoms with E-state index in [2.05, 4.69) is 41.5 Å². The van der Waals surface area contributed by atoms with E-state index in [0.717, 1.165) is 23.7 Å². The molecule has 2 saturated carbocycles. The fourth-order valence-corrected chi connectivity index (χ4v) is 3.33. The smallest absolute Gasteiger partial charge is 0.0297 e. The first-order valence-corrected chi connectivity index (χ1v) is 5.24. The van der Waals surface area contributed by atoms with E-state index < -0.39 is 0 Å². The van der Waals surface area contributed by atoms with Gasteiger partial charge in [-0.25, -0.2) is 0 Å². The second kappa shape index (κ2) is 1.91. The van der Waals surface area contributed by atoms with Crippen LogP contribution in [0.4, 0.5) is 0 Å². The van der Waals surface area contributed by atoms with Crippen molar-refractivity contribution >= 4 is 0 Å². The molecule has 0 aromatic rings. The number of fused-ring (bicyclic) bond motifs is 1. The Hall–Kier alpha value is 0. The summed E-state index contributed by atoms with van der Waals surface area (Å²) in [5.41, 5.74) is 1.16. The van der Waals surface area contributed by atoms with Crippen LogP contribution in [0.25, 0.3) is 0 Å². The third-order valence-corrected chi connectivity index (χ3v) is 3.82. The maximum atomic E-state index is 2.39. The third kappa shape index (κ3) is 1.03. The molecule has 2 aliphatic carbocycles. The van der Waals surface area contributed by atoms with Crippen LogP contribution in [-0.2, 0) is 0 Å². The van der Waals surface area contributed by atoms with Crippen molar-refractivity contribution in [1.82, 2.24) is 0 Å². The first-order valence-electron chi connectivity index (χ1n) is 5.24. The first-order chi connectivity index (χ1) is 5.24. The Morgan fingerprint density at radius 2 is 0.833 bits per heavy atom. The van der Waals surface area contributed by atoms with Crippen molar-refractivity contribution in [2.24, 2.45) is 34.5 Å². The van der Waals surface area contributed by atoms with Crippen LogP contribution in [0.15, 0.2) is 0 Å². The van der Waals surface area contributed by atoms with Gasteiger partial charge in [0, 0.05) is 0 Å². The van der Waals surface area contributed by atoms with Crippen molar-refractivity contribution in [3.05, 3.63) is 0 Å². The molecule has 2 fully saturated rings. The summed E-state index contributed by atoms with van der Waals surface area (Å²) < 4.78 is 0. The average molecular weight is 166 g/mol. The molecule has 0 N–H and O–H groups in total. The molecule has 70 valence electrons. The highest BCUT2D eigenvalue weighted by atomic mass is 14.8. The Balaban J connectivity index is 1.91. The zero-order valence-corrected chi connectivity index (χ0v) is 9.31. The van der Waals surface area contributed by atoms with Crippen molar-refractivity contribution in [1.29, 1.82) is 0 Å². The van der Waals surface area contributed by atoms with E-state index in [0.29, 0.717) is 10.8 Å². The quantitative estimate of drug-likeness (QED) is 0.516. The zero-order chi connectivity index (χ0) is 9.31. The summed E-state index contributed by atoms with van der Waals surface area (Å²) in [5, 5.41) is 0. The molecule has 0 nitrogen and oxygen atoms in total. The lowest BCUT2D eigenvalue weighted by atomic mass is 9.74. The Morgan fingerprint density at radius 1 is 0.583 bits per heavy atom. The molecule has 0 aliphatic heterocycles. The molecule has 0 aromatic heterocycles. The topological polar surface area (TPSA) is 0 Å². The molecule has 0 amide bonds. The minimum absolute atomic E-state index is 0.580. The summed E-state index contributed by atoms with van der Waals surface area (Å²) in [6.45, 7) is 14.4. The van der Waals surface area contributed by atoms with Crippen molar-refractivity contribution in [2.45, 2.75) is 41.5 Å². The van der Waals surface area contributed by atoms with Crippen molar-refractivity contribution in [3.63, 3.8) is 0 Å². The van der Waals surface area contributed by atoms with Gasteiger partial charge in [0.25, 0.3) is 0 Å². The van der Waals surface area contributed by atoms with E-state index in [1.165, 1.54) is 0 Å². The van der Waals surface area contributed by atoms with Gasteiger partial charge in [0.1, 0.15) is 0 Å². The van der Waals surface area contributed by atoms with Crippen LogP contribution < -0.4 is 0 Å². The van der Waals surface area contributed by atoms with Crippen LogP contribution >= 0.6 is 0 Å². The van der Waals surface area contributed by atoms with Gasteiger partial charge in [-0.05, 0) is 34.5 Å². The highest BCUT2D eigenvalue weighted by Gasteiger charge is 2.77. The third-order valence-electron chi connectivity index (χ3n) is 3.82. The van der Waals surface area contributed by atoms with Gasteiger partial charge < -0.3 is 0 Å². The van der Waals surface area contributed by atoms with E-state index in [1.54, 1.807) is 0 Å². The van der Waals surface area contributed by atoms with Crippen LogP contribution in [0.1, 0.15) is 41.5 Å². The molecule has 0 spiro atoms. The Kier molecular flexibility index (Phi) is 1.37. The van der Waals surface area contributed by atoms with Gasteiger partial charge in [0.2, 0.25) is 0 Å². The monoisotopic (exact) mass is 166 g/mol. The van der Waals surface area contributed by atoms with Crippen molar-refractivity contribution in [2.75, 3.05) is 0 Å². The van der Waals surface area contributed by atoms with Gasteiger partial charge in [-0.3, -0.25) is 0 Å². The molecule has 0 atom stereocenters. The van der Waals surface area contributed by atoms with Crippen LogP contribution in [-0.4, -0.2) is 0 Å². The van der Waals surface area contributed by atoms with Gasteiger partial charge in [0.15, 0.2) is 0 Å². The van der Waals surface area contributed by atoms with Gasteiger partial charge in [-0.15, -0.1) is 0 Å². The lowest BCUT2D eigenvalue weighted by Gasteiger charge is -2.31. The summed E-state index contributed by atoms with van der Waals surface area (Å²) in [7, 11) is 0. The van der Waals surface area contributed by atoms with Crippen LogP contribution in [0.2, 0.25) is 0 Å². The zero-order valence-electron chi connectivity index (χ0n) is 9.31. The standard InChI is InChI=1S/C12H22/c1-11(2,3)9-7-8(9)10(7)12(4,5)6/h7-10H,1-6H3. The fraction of sp³-hybridized carbons (Fsp3) is 1.00. The summed E-state index contributed by atoms with van der Waals surface area (Å²) in [5.74, 6) is 4.32. The first kappa shape index (κ1) is 8.59. The summed E-state index contributed by atoms with van der Waals surface area (Å²) in [6, 6.07) is 0. The van der Waals surface area contributed by atoms with E-state index in [-0.39, 0.29) is 0 Å². The molecule has 2 aliphatic rings. The van der Waals surface area contributed by atoms with E-state index in [9.17, 15) is 0 Å². The van der Waals surface area contributed by atoms with E-state index in [4.69, 9.17) is 0 Å². The summed E-state index contributed by atoms with van der Waals surface area (Å²) in [6.07, 6.45) is 0. The molecule has 0 unspecified atom stereocenters. The summed E-state index contributed by atoms with van der Waals surface area (Å²) >= 11 is 0. The van der Waals surface area contributed by atoms with Gasteiger partial charge in [-0.1, -0.05) is 41.5 Å². The minimum atomic E-state index is 0.580. The highest BCUT2D eigenvalue weighted by Crippen LogP contribution is 2.81. The molecule has 0 radical (unpaired) electrons. The maximum absolute atomic E-state index is 2.39. The summed E-state index contributed by atoms with van der Waals surface area (Å²) in [4.78, 5) is 0. The maximum Gasteiger partial charge on any atom is -0.0297 e. The second-order valence-electron chi connectivity index (χ2n) is 6.94. The van der Waals surface area contributed by atoms with E-state index in [1.807, 2.05) is 0 Å².